The first-order valence-electron chi connectivity index (χ1n) is 12.2. The first-order chi connectivity index (χ1) is 15.0. The SMILES string of the molecule is CCCCCCCCOc1ncc(-c2ccc(OCCCC[Si](C)(C)CC)cc2)cn1. The zero-order valence-corrected chi connectivity index (χ0v) is 21.2. The molecule has 0 aliphatic heterocycles. The van der Waals surface area contributed by atoms with Gasteiger partial charge in [0, 0.05) is 26.0 Å². The van der Waals surface area contributed by atoms with Crippen molar-refractivity contribution >= 4 is 8.07 Å². The van der Waals surface area contributed by atoms with Crippen LogP contribution in [0.5, 0.6) is 11.8 Å². The maximum atomic E-state index is 5.91. The van der Waals surface area contributed by atoms with Crippen molar-refractivity contribution in [1.82, 2.24) is 9.97 Å². The van der Waals surface area contributed by atoms with E-state index in [1.54, 1.807) is 0 Å². The lowest BCUT2D eigenvalue weighted by Crippen LogP contribution is -2.23. The molecule has 2 aromatic rings. The molecule has 0 aliphatic carbocycles. The van der Waals surface area contributed by atoms with Crippen LogP contribution in [0.15, 0.2) is 36.7 Å². The summed E-state index contributed by atoms with van der Waals surface area (Å²) in [5.74, 6) is 0.926. The van der Waals surface area contributed by atoms with Crippen LogP contribution in [0.2, 0.25) is 25.2 Å². The van der Waals surface area contributed by atoms with Gasteiger partial charge in [-0.1, -0.05) is 89.7 Å². The molecule has 1 aromatic heterocycles. The highest BCUT2D eigenvalue weighted by Crippen LogP contribution is 2.23. The molecule has 0 saturated heterocycles. The molecule has 0 atom stereocenters. The van der Waals surface area contributed by atoms with Crippen molar-refractivity contribution in [3.05, 3.63) is 36.7 Å². The summed E-state index contributed by atoms with van der Waals surface area (Å²) in [5.41, 5.74) is 2.08. The van der Waals surface area contributed by atoms with Gasteiger partial charge in [0.2, 0.25) is 0 Å². The number of hydrogen-bond acceptors (Lipinski definition) is 4. The van der Waals surface area contributed by atoms with E-state index in [2.05, 4.69) is 49.0 Å². The van der Waals surface area contributed by atoms with E-state index < -0.39 is 8.07 Å². The summed E-state index contributed by atoms with van der Waals surface area (Å²) in [5, 5.41) is 0. The second-order valence-corrected chi connectivity index (χ2v) is 14.8. The Balaban J connectivity index is 1.68. The van der Waals surface area contributed by atoms with Crippen molar-refractivity contribution < 1.29 is 9.47 Å². The van der Waals surface area contributed by atoms with E-state index in [-0.39, 0.29) is 0 Å². The smallest absolute Gasteiger partial charge is 0.316 e. The molecule has 2 rings (SSSR count). The third-order valence-corrected chi connectivity index (χ3v) is 9.64. The van der Waals surface area contributed by atoms with Gasteiger partial charge >= 0.3 is 6.01 Å². The van der Waals surface area contributed by atoms with Gasteiger partial charge in [-0.3, -0.25) is 0 Å². The maximum Gasteiger partial charge on any atom is 0.316 e. The number of hydrogen-bond donors (Lipinski definition) is 0. The summed E-state index contributed by atoms with van der Waals surface area (Å²) in [7, 11) is -0.948. The zero-order chi connectivity index (χ0) is 22.4. The molecular weight excluding hydrogens is 400 g/mol. The molecular formula is C26H42N2O2Si. The minimum absolute atomic E-state index is 0.464. The fourth-order valence-electron chi connectivity index (χ4n) is 3.40. The van der Waals surface area contributed by atoms with Gasteiger partial charge in [-0.2, -0.15) is 0 Å². The summed E-state index contributed by atoms with van der Waals surface area (Å²) in [6, 6.07) is 11.4. The normalized spacial score (nSPS) is 11.5. The third-order valence-electron chi connectivity index (χ3n) is 6.02. The highest BCUT2D eigenvalue weighted by molar-refractivity contribution is 6.77. The molecule has 1 aromatic carbocycles. The summed E-state index contributed by atoms with van der Waals surface area (Å²) >= 11 is 0. The van der Waals surface area contributed by atoms with Gasteiger partial charge in [-0.05, 0) is 30.5 Å². The topological polar surface area (TPSA) is 44.2 Å². The predicted octanol–water partition coefficient (Wildman–Crippen LogP) is 7.77. The molecule has 0 saturated carbocycles. The lowest BCUT2D eigenvalue weighted by molar-refractivity contribution is 0.281. The van der Waals surface area contributed by atoms with Gasteiger partial charge in [0.25, 0.3) is 0 Å². The van der Waals surface area contributed by atoms with Crippen LogP contribution in [0.4, 0.5) is 0 Å². The average Bonchev–Trinajstić information content (AvgIpc) is 2.79. The largest absolute Gasteiger partial charge is 0.494 e. The van der Waals surface area contributed by atoms with E-state index in [0.717, 1.165) is 36.3 Å². The molecule has 31 heavy (non-hydrogen) atoms. The Hall–Kier alpha value is -1.88. The van der Waals surface area contributed by atoms with Gasteiger partial charge < -0.3 is 9.47 Å². The van der Waals surface area contributed by atoms with Crippen molar-refractivity contribution in [2.45, 2.75) is 90.4 Å². The molecule has 5 heteroatoms. The average molecular weight is 443 g/mol. The van der Waals surface area contributed by atoms with E-state index in [1.165, 1.54) is 50.6 Å². The van der Waals surface area contributed by atoms with Gasteiger partial charge in [0.15, 0.2) is 0 Å². The summed E-state index contributed by atoms with van der Waals surface area (Å²) in [4.78, 5) is 8.72. The van der Waals surface area contributed by atoms with Crippen LogP contribution in [-0.4, -0.2) is 31.3 Å². The van der Waals surface area contributed by atoms with E-state index >= 15 is 0 Å². The first-order valence-corrected chi connectivity index (χ1v) is 15.6. The number of aromatic nitrogens is 2. The Kier molecular flexibility index (Phi) is 11.6. The molecule has 0 spiro atoms. The summed E-state index contributed by atoms with van der Waals surface area (Å²) < 4.78 is 11.6. The van der Waals surface area contributed by atoms with Crippen LogP contribution < -0.4 is 9.47 Å². The van der Waals surface area contributed by atoms with Crippen molar-refractivity contribution in [2.75, 3.05) is 13.2 Å². The minimum atomic E-state index is -0.948. The van der Waals surface area contributed by atoms with Gasteiger partial charge in [-0.15, -0.1) is 0 Å². The fraction of sp³-hybridized carbons (Fsp3) is 0.615. The standard InChI is InChI=1S/C26H42N2O2Si/c1-5-7-8-9-10-11-19-30-26-27-21-24(22-28-26)23-14-16-25(17-15-23)29-18-12-13-20-31(3,4)6-2/h14-17,21-22H,5-13,18-20H2,1-4H3. The highest BCUT2D eigenvalue weighted by atomic mass is 28.3. The lowest BCUT2D eigenvalue weighted by Gasteiger charge is -2.19. The molecule has 0 fully saturated rings. The Morgan fingerprint density at radius 2 is 1.32 bits per heavy atom. The predicted molar refractivity (Wildman–Crippen MR) is 134 cm³/mol. The van der Waals surface area contributed by atoms with Crippen LogP contribution in [-0.2, 0) is 0 Å². The second-order valence-electron chi connectivity index (χ2n) is 9.22. The van der Waals surface area contributed by atoms with Crippen LogP contribution in [0, 0.1) is 0 Å². The Morgan fingerprint density at radius 1 is 0.710 bits per heavy atom. The monoisotopic (exact) mass is 442 g/mol. The van der Waals surface area contributed by atoms with Crippen LogP contribution in [0.3, 0.4) is 0 Å². The molecule has 0 unspecified atom stereocenters. The molecule has 4 nitrogen and oxygen atoms in total. The Labute approximate surface area is 190 Å². The fourth-order valence-corrected chi connectivity index (χ4v) is 4.96. The van der Waals surface area contributed by atoms with E-state index in [9.17, 15) is 0 Å². The quantitative estimate of drug-likeness (QED) is 0.197. The maximum absolute atomic E-state index is 5.91. The zero-order valence-electron chi connectivity index (χ0n) is 20.2. The highest BCUT2D eigenvalue weighted by Gasteiger charge is 2.16. The molecule has 0 amide bonds. The van der Waals surface area contributed by atoms with Crippen molar-refractivity contribution in [2.24, 2.45) is 0 Å². The van der Waals surface area contributed by atoms with Crippen LogP contribution in [0.1, 0.15) is 65.2 Å². The second kappa shape index (κ2) is 14.2. The molecule has 0 aliphatic rings. The number of nitrogens with zero attached hydrogens (tertiary/aromatic N) is 2. The number of ether oxygens (including phenoxy) is 2. The molecule has 0 bridgehead atoms. The van der Waals surface area contributed by atoms with E-state index in [4.69, 9.17) is 9.47 Å². The van der Waals surface area contributed by atoms with Gasteiger partial charge in [0.1, 0.15) is 5.75 Å². The Morgan fingerprint density at radius 3 is 2.00 bits per heavy atom. The minimum Gasteiger partial charge on any atom is -0.494 e. The van der Waals surface area contributed by atoms with Gasteiger partial charge in [0.05, 0.1) is 13.2 Å². The van der Waals surface area contributed by atoms with Gasteiger partial charge in [-0.25, -0.2) is 9.97 Å². The van der Waals surface area contributed by atoms with E-state index in [1.807, 2.05) is 24.5 Å². The molecule has 0 N–H and O–H groups in total. The lowest BCUT2D eigenvalue weighted by atomic mass is 10.1. The number of rotatable bonds is 16. The Bertz CT molecular complexity index is 717. The van der Waals surface area contributed by atoms with Crippen molar-refractivity contribution in [3.8, 4) is 22.9 Å². The van der Waals surface area contributed by atoms with E-state index in [0.29, 0.717) is 12.6 Å². The number of benzene rings is 1. The summed E-state index contributed by atoms with van der Waals surface area (Å²) in [6.07, 6.45) is 13.6. The number of unbranched alkanes of at least 4 members (excludes halogenated alkanes) is 6. The van der Waals surface area contributed by atoms with Crippen molar-refractivity contribution in [1.29, 1.82) is 0 Å². The van der Waals surface area contributed by atoms with Crippen LogP contribution in [0.25, 0.3) is 11.1 Å². The van der Waals surface area contributed by atoms with Crippen LogP contribution >= 0.6 is 0 Å². The molecule has 1 heterocycles. The summed E-state index contributed by atoms with van der Waals surface area (Å²) in [6.45, 7) is 11.0. The molecule has 172 valence electrons. The first kappa shape index (κ1) is 25.4. The molecule has 0 radical (unpaired) electrons. The third kappa shape index (κ3) is 10.3. The van der Waals surface area contributed by atoms with Crippen molar-refractivity contribution in [3.63, 3.8) is 0 Å².